The molecule has 0 amide bonds. The largest absolute Gasteiger partial charge is 0.496 e. The van der Waals surface area contributed by atoms with Crippen LogP contribution in [0.25, 0.3) is 0 Å². The minimum absolute atomic E-state index is 0.135. The molecule has 2 N–H and O–H groups in total. The van der Waals surface area contributed by atoms with Gasteiger partial charge in [0.25, 0.3) is 0 Å². The second kappa shape index (κ2) is 11.5. The molecule has 0 saturated heterocycles. The van der Waals surface area contributed by atoms with E-state index in [2.05, 4.69) is 65.4 Å². The Morgan fingerprint density at radius 2 is 2.00 bits per heavy atom. The van der Waals surface area contributed by atoms with Crippen molar-refractivity contribution in [2.75, 3.05) is 40.8 Å². The molecule has 1 aromatic carbocycles. The summed E-state index contributed by atoms with van der Waals surface area (Å²) in [5.74, 6) is 1.73. The van der Waals surface area contributed by atoms with E-state index >= 15 is 0 Å². The van der Waals surface area contributed by atoms with Gasteiger partial charge in [-0.3, -0.25) is 9.67 Å². The molecule has 0 radical (unpaired) electrons. The monoisotopic (exact) mass is 400 g/mol. The molecule has 0 fully saturated rings. The van der Waals surface area contributed by atoms with Gasteiger partial charge in [0.05, 0.1) is 25.4 Å². The predicted octanol–water partition coefficient (Wildman–Crippen LogP) is 2.76. The van der Waals surface area contributed by atoms with E-state index in [4.69, 9.17) is 9.73 Å². The SMILES string of the molecule is CCNC(=NCC(c1ccccc1OC)N(C)C)NCCCn1nc(C)cc1C. The summed E-state index contributed by atoms with van der Waals surface area (Å²) in [6, 6.07) is 10.4. The summed E-state index contributed by atoms with van der Waals surface area (Å²) in [5.41, 5.74) is 3.41. The lowest BCUT2D eigenvalue weighted by molar-refractivity contribution is 0.295. The number of aryl methyl sites for hydroxylation is 3. The number of nitrogens with one attached hydrogen (secondary N) is 2. The van der Waals surface area contributed by atoms with E-state index in [1.54, 1.807) is 7.11 Å². The van der Waals surface area contributed by atoms with E-state index in [0.29, 0.717) is 6.54 Å². The zero-order valence-electron chi connectivity index (χ0n) is 18.7. The number of likely N-dealkylation sites (N-methyl/N-ethyl adjacent to an activating group) is 1. The molecule has 1 heterocycles. The molecule has 0 aliphatic rings. The van der Waals surface area contributed by atoms with Crippen molar-refractivity contribution < 1.29 is 4.74 Å². The average molecular weight is 401 g/mol. The number of methoxy groups -OCH3 is 1. The number of ether oxygens (including phenoxy) is 1. The van der Waals surface area contributed by atoms with Crippen LogP contribution in [0.1, 0.15) is 36.3 Å². The maximum absolute atomic E-state index is 5.55. The lowest BCUT2D eigenvalue weighted by Gasteiger charge is -2.25. The summed E-state index contributed by atoms with van der Waals surface area (Å²) in [6.45, 7) is 9.40. The van der Waals surface area contributed by atoms with Gasteiger partial charge in [-0.25, -0.2) is 0 Å². The van der Waals surface area contributed by atoms with Gasteiger partial charge in [0.1, 0.15) is 5.75 Å². The zero-order valence-corrected chi connectivity index (χ0v) is 18.7. The minimum atomic E-state index is 0.135. The van der Waals surface area contributed by atoms with E-state index < -0.39 is 0 Å². The van der Waals surface area contributed by atoms with Gasteiger partial charge >= 0.3 is 0 Å². The van der Waals surface area contributed by atoms with E-state index in [9.17, 15) is 0 Å². The first-order valence-corrected chi connectivity index (χ1v) is 10.3. The van der Waals surface area contributed by atoms with Crippen LogP contribution in [0.2, 0.25) is 0 Å². The number of rotatable bonds is 10. The van der Waals surface area contributed by atoms with Crippen molar-refractivity contribution >= 4 is 5.96 Å². The van der Waals surface area contributed by atoms with Gasteiger partial charge in [0.15, 0.2) is 5.96 Å². The fourth-order valence-corrected chi connectivity index (χ4v) is 3.34. The summed E-state index contributed by atoms with van der Waals surface area (Å²) < 4.78 is 7.61. The molecule has 0 saturated carbocycles. The molecule has 0 spiro atoms. The van der Waals surface area contributed by atoms with Gasteiger partial charge in [-0.05, 0) is 53.4 Å². The average Bonchev–Trinajstić information content (AvgIpc) is 3.02. The molecule has 7 nitrogen and oxygen atoms in total. The Labute approximate surface area is 175 Å². The molecule has 1 aromatic heterocycles. The molecule has 1 atom stereocenters. The number of hydrogen-bond acceptors (Lipinski definition) is 4. The Balaban J connectivity index is 1.97. The standard InChI is InChI=1S/C22H36N6O/c1-7-23-22(24-13-10-14-28-18(3)15-17(2)26-28)25-16-20(27(4)5)19-11-8-9-12-21(19)29-6/h8-9,11-12,15,20H,7,10,13-14,16H2,1-6H3,(H2,23,24,25). The Morgan fingerprint density at radius 3 is 2.62 bits per heavy atom. The van der Waals surface area contributed by atoms with Crippen molar-refractivity contribution in [3.63, 3.8) is 0 Å². The summed E-state index contributed by atoms with van der Waals surface area (Å²) >= 11 is 0. The van der Waals surface area contributed by atoms with Crippen LogP contribution in [0.3, 0.4) is 0 Å². The van der Waals surface area contributed by atoms with E-state index in [-0.39, 0.29) is 6.04 Å². The van der Waals surface area contributed by atoms with Crippen LogP contribution in [-0.2, 0) is 6.54 Å². The molecule has 160 valence electrons. The smallest absolute Gasteiger partial charge is 0.191 e. The zero-order chi connectivity index (χ0) is 21.2. The summed E-state index contributed by atoms with van der Waals surface area (Å²) in [6.07, 6.45) is 0.982. The number of nitrogens with zero attached hydrogens (tertiary/aromatic N) is 4. The molecule has 0 aliphatic heterocycles. The summed E-state index contributed by atoms with van der Waals surface area (Å²) in [4.78, 5) is 7.00. The lowest BCUT2D eigenvalue weighted by atomic mass is 10.0. The van der Waals surface area contributed by atoms with Gasteiger partial charge in [-0.2, -0.15) is 5.10 Å². The highest BCUT2D eigenvalue weighted by Gasteiger charge is 2.18. The fraction of sp³-hybridized carbons (Fsp3) is 0.545. The third-order valence-electron chi connectivity index (χ3n) is 4.83. The van der Waals surface area contributed by atoms with Gasteiger partial charge in [-0.1, -0.05) is 18.2 Å². The van der Waals surface area contributed by atoms with Gasteiger partial charge < -0.3 is 20.3 Å². The molecule has 1 unspecified atom stereocenters. The van der Waals surface area contributed by atoms with Crippen LogP contribution in [-0.4, -0.2) is 61.5 Å². The van der Waals surface area contributed by atoms with Crippen LogP contribution in [0.15, 0.2) is 35.3 Å². The van der Waals surface area contributed by atoms with Gasteiger partial charge in [0.2, 0.25) is 0 Å². The first-order chi connectivity index (χ1) is 14.0. The van der Waals surface area contributed by atoms with Gasteiger partial charge in [-0.15, -0.1) is 0 Å². The molecule has 0 bridgehead atoms. The van der Waals surface area contributed by atoms with Crippen LogP contribution in [0.5, 0.6) is 5.75 Å². The molecular formula is C22H36N6O. The van der Waals surface area contributed by atoms with Crippen molar-refractivity contribution in [3.05, 3.63) is 47.3 Å². The first-order valence-electron chi connectivity index (χ1n) is 10.3. The third-order valence-corrected chi connectivity index (χ3v) is 4.83. The molecular weight excluding hydrogens is 364 g/mol. The highest BCUT2D eigenvalue weighted by Crippen LogP contribution is 2.28. The van der Waals surface area contributed by atoms with Crippen molar-refractivity contribution in [2.24, 2.45) is 4.99 Å². The predicted molar refractivity (Wildman–Crippen MR) is 120 cm³/mol. The Hall–Kier alpha value is -2.54. The second-order valence-electron chi connectivity index (χ2n) is 7.37. The number of hydrogen-bond donors (Lipinski definition) is 2. The molecule has 0 aliphatic carbocycles. The molecule has 2 rings (SSSR count). The van der Waals surface area contributed by atoms with Crippen molar-refractivity contribution in [2.45, 2.75) is 39.8 Å². The second-order valence-corrected chi connectivity index (χ2v) is 7.37. The Bertz CT molecular complexity index is 783. The number of aromatic nitrogens is 2. The molecule has 2 aromatic rings. The van der Waals surface area contributed by atoms with Gasteiger partial charge in [0, 0.05) is 30.9 Å². The van der Waals surface area contributed by atoms with Crippen LogP contribution >= 0.6 is 0 Å². The topological polar surface area (TPSA) is 66.7 Å². The maximum Gasteiger partial charge on any atom is 0.191 e. The molecule has 7 heteroatoms. The highest BCUT2D eigenvalue weighted by atomic mass is 16.5. The number of para-hydroxylation sites is 1. The lowest BCUT2D eigenvalue weighted by Crippen LogP contribution is -2.38. The number of aliphatic imine (C=N–C) groups is 1. The quantitative estimate of drug-likeness (QED) is 0.365. The highest BCUT2D eigenvalue weighted by molar-refractivity contribution is 5.79. The van der Waals surface area contributed by atoms with E-state index in [1.807, 2.05) is 25.1 Å². The maximum atomic E-state index is 5.55. The van der Waals surface area contributed by atoms with E-state index in [0.717, 1.165) is 49.0 Å². The Morgan fingerprint density at radius 1 is 1.24 bits per heavy atom. The van der Waals surface area contributed by atoms with Crippen LogP contribution < -0.4 is 15.4 Å². The van der Waals surface area contributed by atoms with Crippen molar-refractivity contribution in [1.29, 1.82) is 0 Å². The van der Waals surface area contributed by atoms with E-state index in [1.165, 1.54) is 5.69 Å². The first kappa shape index (κ1) is 22.7. The van der Waals surface area contributed by atoms with Crippen LogP contribution in [0, 0.1) is 13.8 Å². The molecule has 29 heavy (non-hydrogen) atoms. The fourth-order valence-electron chi connectivity index (χ4n) is 3.34. The van der Waals surface area contributed by atoms with Crippen LogP contribution in [0.4, 0.5) is 0 Å². The summed E-state index contributed by atoms with van der Waals surface area (Å²) in [5, 5.41) is 11.3. The Kier molecular flexibility index (Phi) is 8.99. The van der Waals surface area contributed by atoms with Crippen molar-refractivity contribution in [3.8, 4) is 5.75 Å². The van der Waals surface area contributed by atoms with Crippen molar-refractivity contribution in [1.82, 2.24) is 25.3 Å². The normalized spacial score (nSPS) is 12.9. The number of benzene rings is 1. The number of guanidine groups is 1. The minimum Gasteiger partial charge on any atom is -0.496 e. The summed E-state index contributed by atoms with van der Waals surface area (Å²) in [7, 11) is 5.85. The third kappa shape index (κ3) is 6.78.